The van der Waals surface area contributed by atoms with Crippen LogP contribution < -0.4 is 5.11 Å². The van der Waals surface area contributed by atoms with E-state index in [9.17, 15) is 14.7 Å². The van der Waals surface area contributed by atoms with Gasteiger partial charge in [0.25, 0.3) is 0 Å². The molecule has 1 saturated heterocycles. The van der Waals surface area contributed by atoms with Gasteiger partial charge in [-0.1, -0.05) is 23.7 Å². The SMILES string of the molecule is O=C([O-])[C@H]1CC(=O)N(CCc2ccc(Cl)cc2)C1. The second kappa shape index (κ2) is 5.40. The molecule has 1 aromatic carbocycles. The number of rotatable bonds is 4. The van der Waals surface area contributed by atoms with Gasteiger partial charge in [0.2, 0.25) is 5.91 Å². The molecule has 0 unspecified atom stereocenters. The van der Waals surface area contributed by atoms with Crippen LogP contribution in [0.3, 0.4) is 0 Å². The molecule has 2 rings (SSSR count). The van der Waals surface area contributed by atoms with Crippen molar-refractivity contribution in [3.8, 4) is 0 Å². The molecule has 5 heteroatoms. The largest absolute Gasteiger partial charge is 0.550 e. The number of likely N-dealkylation sites (tertiary alicyclic amines) is 1. The van der Waals surface area contributed by atoms with E-state index >= 15 is 0 Å². The second-order valence-corrected chi connectivity index (χ2v) is 4.87. The van der Waals surface area contributed by atoms with Gasteiger partial charge in [-0.15, -0.1) is 0 Å². The third-order valence-corrected chi connectivity index (χ3v) is 3.38. The summed E-state index contributed by atoms with van der Waals surface area (Å²) in [5, 5.41) is 11.4. The molecule has 0 radical (unpaired) electrons. The fourth-order valence-corrected chi connectivity index (χ4v) is 2.19. The van der Waals surface area contributed by atoms with Crippen molar-refractivity contribution in [3.63, 3.8) is 0 Å². The molecular formula is C13H13ClNO3-. The highest BCUT2D eigenvalue weighted by Gasteiger charge is 2.29. The molecule has 0 aliphatic carbocycles. The van der Waals surface area contributed by atoms with Crippen molar-refractivity contribution >= 4 is 23.5 Å². The Bertz CT molecular complexity index is 458. The van der Waals surface area contributed by atoms with E-state index in [-0.39, 0.29) is 18.9 Å². The molecular weight excluding hydrogens is 254 g/mol. The van der Waals surface area contributed by atoms with E-state index in [0.717, 1.165) is 5.56 Å². The molecule has 4 nitrogen and oxygen atoms in total. The Morgan fingerprint density at radius 1 is 1.39 bits per heavy atom. The van der Waals surface area contributed by atoms with Gasteiger partial charge >= 0.3 is 0 Å². The number of carbonyl (C=O) groups is 2. The third kappa shape index (κ3) is 3.01. The number of aliphatic carboxylic acids is 1. The maximum atomic E-state index is 11.6. The van der Waals surface area contributed by atoms with E-state index in [2.05, 4.69) is 0 Å². The first-order valence-electron chi connectivity index (χ1n) is 5.79. The van der Waals surface area contributed by atoms with Gasteiger partial charge in [-0.05, 0) is 24.1 Å². The minimum Gasteiger partial charge on any atom is -0.550 e. The van der Waals surface area contributed by atoms with Crippen LogP contribution in [0.25, 0.3) is 0 Å². The lowest BCUT2D eigenvalue weighted by Crippen LogP contribution is -2.34. The first kappa shape index (κ1) is 12.9. The zero-order valence-corrected chi connectivity index (χ0v) is 10.5. The number of amides is 1. The molecule has 18 heavy (non-hydrogen) atoms. The standard InChI is InChI=1S/C13H14ClNO3/c14-11-3-1-9(2-4-11)5-6-15-8-10(13(17)18)7-12(15)16/h1-4,10H,5-8H2,(H,17,18)/p-1/t10-/m0/s1. The highest BCUT2D eigenvalue weighted by molar-refractivity contribution is 6.30. The molecule has 1 atom stereocenters. The van der Waals surface area contributed by atoms with Gasteiger partial charge in [0, 0.05) is 36.4 Å². The van der Waals surface area contributed by atoms with Crippen LogP contribution in [-0.2, 0) is 16.0 Å². The Hall–Kier alpha value is -1.55. The van der Waals surface area contributed by atoms with E-state index in [0.29, 0.717) is 18.0 Å². The zero-order chi connectivity index (χ0) is 13.1. The molecule has 0 saturated carbocycles. The Morgan fingerprint density at radius 3 is 2.61 bits per heavy atom. The van der Waals surface area contributed by atoms with Crippen LogP contribution in [0.15, 0.2) is 24.3 Å². The normalized spacial score (nSPS) is 19.3. The van der Waals surface area contributed by atoms with Gasteiger partial charge in [0.05, 0.1) is 0 Å². The number of halogens is 1. The number of carbonyl (C=O) groups excluding carboxylic acids is 2. The van der Waals surface area contributed by atoms with Crippen LogP contribution in [0.1, 0.15) is 12.0 Å². The summed E-state index contributed by atoms with van der Waals surface area (Å²) < 4.78 is 0. The molecule has 0 aromatic heterocycles. The Balaban J connectivity index is 1.89. The molecule has 0 N–H and O–H groups in total. The van der Waals surface area contributed by atoms with Gasteiger partial charge in [-0.2, -0.15) is 0 Å². The number of carboxylic acids is 1. The molecule has 1 fully saturated rings. The Morgan fingerprint density at radius 2 is 2.06 bits per heavy atom. The summed E-state index contributed by atoms with van der Waals surface area (Å²) in [5.41, 5.74) is 1.07. The predicted octanol–water partition coefficient (Wildman–Crippen LogP) is 0.481. The first-order chi connectivity index (χ1) is 8.56. The number of hydrogen-bond acceptors (Lipinski definition) is 3. The maximum absolute atomic E-state index is 11.6. The van der Waals surface area contributed by atoms with Crippen molar-refractivity contribution < 1.29 is 14.7 Å². The third-order valence-electron chi connectivity index (χ3n) is 3.13. The second-order valence-electron chi connectivity index (χ2n) is 4.44. The highest BCUT2D eigenvalue weighted by atomic mass is 35.5. The Labute approximate surface area is 110 Å². The lowest BCUT2D eigenvalue weighted by atomic mass is 10.1. The van der Waals surface area contributed by atoms with Crippen molar-refractivity contribution in [1.82, 2.24) is 4.90 Å². The van der Waals surface area contributed by atoms with Crippen LogP contribution in [-0.4, -0.2) is 29.9 Å². The predicted molar refractivity (Wildman–Crippen MR) is 64.9 cm³/mol. The average Bonchev–Trinajstić information content (AvgIpc) is 2.70. The summed E-state index contributed by atoms with van der Waals surface area (Å²) in [6, 6.07) is 7.40. The molecule has 1 heterocycles. The fraction of sp³-hybridized carbons (Fsp3) is 0.385. The topological polar surface area (TPSA) is 60.4 Å². The zero-order valence-electron chi connectivity index (χ0n) is 9.77. The van der Waals surface area contributed by atoms with Crippen molar-refractivity contribution in [1.29, 1.82) is 0 Å². The maximum Gasteiger partial charge on any atom is 0.223 e. The van der Waals surface area contributed by atoms with Gasteiger partial charge in [0.1, 0.15) is 0 Å². The number of carboxylic acid groups (broad SMARTS) is 1. The van der Waals surface area contributed by atoms with E-state index in [1.165, 1.54) is 0 Å². The van der Waals surface area contributed by atoms with Crippen molar-refractivity contribution in [2.75, 3.05) is 13.1 Å². The van der Waals surface area contributed by atoms with Crippen molar-refractivity contribution in [2.24, 2.45) is 5.92 Å². The van der Waals surface area contributed by atoms with E-state index in [1.807, 2.05) is 12.1 Å². The van der Waals surface area contributed by atoms with Crippen LogP contribution in [0.4, 0.5) is 0 Å². The molecule has 96 valence electrons. The Kier molecular flexibility index (Phi) is 3.87. The minimum atomic E-state index is -1.14. The van der Waals surface area contributed by atoms with Crippen LogP contribution in [0.5, 0.6) is 0 Å². The molecule has 1 aliphatic heterocycles. The summed E-state index contributed by atoms with van der Waals surface area (Å²) in [7, 11) is 0. The van der Waals surface area contributed by atoms with Crippen LogP contribution >= 0.6 is 11.6 Å². The van der Waals surface area contributed by atoms with Gasteiger partial charge < -0.3 is 14.8 Å². The van der Waals surface area contributed by atoms with Gasteiger partial charge in [0.15, 0.2) is 0 Å². The van der Waals surface area contributed by atoms with Crippen molar-refractivity contribution in [3.05, 3.63) is 34.9 Å². The molecule has 0 bridgehead atoms. The quantitative estimate of drug-likeness (QED) is 0.796. The fourth-order valence-electron chi connectivity index (χ4n) is 2.06. The summed E-state index contributed by atoms with van der Waals surface area (Å²) in [4.78, 5) is 23.9. The van der Waals surface area contributed by atoms with Gasteiger partial charge in [-0.3, -0.25) is 4.79 Å². The molecule has 1 aromatic rings. The number of hydrogen-bond donors (Lipinski definition) is 0. The highest BCUT2D eigenvalue weighted by Crippen LogP contribution is 2.18. The molecule has 1 aliphatic rings. The number of benzene rings is 1. The lowest BCUT2D eigenvalue weighted by Gasteiger charge is -2.16. The van der Waals surface area contributed by atoms with Crippen LogP contribution in [0.2, 0.25) is 5.02 Å². The lowest BCUT2D eigenvalue weighted by molar-refractivity contribution is -0.311. The van der Waals surface area contributed by atoms with E-state index in [1.54, 1.807) is 17.0 Å². The number of nitrogens with zero attached hydrogens (tertiary/aromatic N) is 1. The van der Waals surface area contributed by atoms with Crippen LogP contribution in [0, 0.1) is 5.92 Å². The average molecular weight is 267 g/mol. The van der Waals surface area contributed by atoms with Crippen molar-refractivity contribution in [2.45, 2.75) is 12.8 Å². The smallest absolute Gasteiger partial charge is 0.223 e. The molecule has 1 amide bonds. The first-order valence-corrected chi connectivity index (χ1v) is 6.17. The molecule has 0 spiro atoms. The summed E-state index contributed by atoms with van der Waals surface area (Å²) in [6.45, 7) is 0.791. The summed E-state index contributed by atoms with van der Waals surface area (Å²) in [5.74, 6) is -1.92. The minimum absolute atomic E-state index is 0.0585. The van der Waals surface area contributed by atoms with E-state index < -0.39 is 11.9 Å². The summed E-state index contributed by atoms with van der Waals surface area (Å²) in [6.07, 6.45) is 0.756. The van der Waals surface area contributed by atoms with Gasteiger partial charge in [-0.25, -0.2) is 0 Å². The summed E-state index contributed by atoms with van der Waals surface area (Å²) >= 11 is 5.78. The monoisotopic (exact) mass is 266 g/mol. The van der Waals surface area contributed by atoms with E-state index in [4.69, 9.17) is 11.6 Å².